The molecule has 35 heavy (non-hydrogen) atoms. The molecule has 0 spiro atoms. The van der Waals surface area contributed by atoms with Gasteiger partial charge in [-0.25, -0.2) is 0 Å². The lowest BCUT2D eigenvalue weighted by Crippen LogP contribution is -2.42. The van der Waals surface area contributed by atoms with E-state index in [2.05, 4.69) is 20.9 Å². The maximum Gasteiger partial charge on any atom is 0.119 e. The summed E-state index contributed by atoms with van der Waals surface area (Å²) in [5.41, 5.74) is 2.47. The van der Waals surface area contributed by atoms with Crippen LogP contribution in [0.4, 0.5) is 0 Å². The topological polar surface area (TPSA) is 78.7 Å². The molecule has 188 valence electrons. The minimum absolute atomic E-state index is 0.145. The highest BCUT2D eigenvalue weighted by atomic mass is 35.5. The number of pyridine rings is 2. The summed E-state index contributed by atoms with van der Waals surface area (Å²) in [6.07, 6.45) is 9.21. The van der Waals surface area contributed by atoms with Crippen molar-refractivity contribution in [1.82, 2.24) is 14.9 Å². The number of fused-ring (bicyclic) bond motifs is 1. The van der Waals surface area contributed by atoms with Gasteiger partial charge in [0.15, 0.2) is 0 Å². The molecule has 1 fully saturated rings. The lowest BCUT2D eigenvalue weighted by molar-refractivity contribution is 0.0233. The highest BCUT2D eigenvalue weighted by Gasteiger charge is 2.34. The normalized spacial score (nSPS) is 16.9. The van der Waals surface area contributed by atoms with Gasteiger partial charge in [-0.3, -0.25) is 9.97 Å². The van der Waals surface area contributed by atoms with Crippen molar-refractivity contribution in [2.75, 3.05) is 33.4 Å². The predicted octanol–water partition coefficient (Wildman–Crippen LogP) is 5.20. The molecule has 1 aliphatic rings. The molecular formula is C28H36ClN3O3. The number of aromatic nitrogens is 2. The van der Waals surface area contributed by atoms with Gasteiger partial charge in [-0.05, 0) is 100 Å². The van der Waals surface area contributed by atoms with Crippen LogP contribution in [0.2, 0.25) is 5.02 Å². The second-order valence-corrected chi connectivity index (χ2v) is 10.1. The molecule has 3 aromatic rings. The van der Waals surface area contributed by atoms with E-state index in [1.165, 1.54) is 0 Å². The maximum atomic E-state index is 11.1. The molecule has 1 saturated heterocycles. The summed E-state index contributed by atoms with van der Waals surface area (Å²) in [5.74, 6) is 0.703. The zero-order valence-corrected chi connectivity index (χ0v) is 21.3. The summed E-state index contributed by atoms with van der Waals surface area (Å²) < 4.78 is 5.36. The zero-order valence-electron chi connectivity index (χ0n) is 20.5. The highest BCUT2D eigenvalue weighted by molar-refractivity contribution is 6.32. The van der Waals surface area contributed by atoms with Crippen LogP contribution in [0, 0.1) is 5.41 Å². The van der Waals surface area contributed by atoms with Crippen LogP contribution in [0.1, 0.15) is 55.9 Å². The fraction of sp³-hybridized carbons (Fsp3) is 0.500. The average Bonchev–Trinajstić information content (AvgIpc) is 2.90. The summed E-state index contributed by atoms with van der Waals surface area (Å²) >= 11 is 6.48. The highest BCUT2D eigenvalue weighted by Crippen LogP contribution is 2.40. The molecule has 2 N–H and O–H groups in total. The summed E-state index contributed by atoms with van der Waals surface area (Å²) in [6, 6.07) is 11.7. The second-order valence-electron chi connectivity index (χ2n) is 9.74. The van der Waals surface area contributed by atoms with Crippen LogP contribution in [0.5, 0.6) is 5.75 Å². The molecule has 7 heteroatoms. The van der Waals surface area contributed by atoms with Crippen LogP contribution in [-0.4, -0.2) is 58.4 Å². The molecule has 0 unspecified atom stereocenters. The van der Waals surface area contributed by atoms with Gasteiger partial charge in [0.25, 0.3) is 0 Å². The molecule has 2 aromatic heterocycles. The van der Waals surface area contributed by atoms with Crippen LogP contribution in [0.15, 0.2) is 48.8 Å². The lowest BCUT2D eigenvalue weighted by atomic mass is 9.74. The monoisotopic (exact) mass is 497 g/mol. The SMILES string of the molecule is COc1ccc2ncc(Cl)c([C@H](O)CCC3(CO)CCN(CCCCc4ccccn4)CC3)c2c1. The van der Waals surface area contributed by atoms with Crippen molar-refractivity contribution < 1.29 is 14.9 Å². The predicted molar refractivity (Wildman–Crippen MR) is 140 cm³/mol. The number of benzene rings is 1. The smallest absolute Gasteiger partial charge is 0.119 e. The number of ether oxygens (including phenoxy) is 1. The Morgan fingerprint density at radius 2 is 1.97 bits per heavy atom. The zero-order chi connectivity index (χ0) is 24.7. The maximum absolute atomic E-state index is 11.1. The molecule has 0 radical (unpaired) electrons. The Labute approximate surface area is 212 Å². The number of rotatable bonds is 11. The Kier molecular flexibility index (Phi) is 8.95. The Morgan fingerprint density at radius 1 is 1.14 bits per heavy atom. The minimum atomic E-state index is -0.729. The molecule has 0 aliphatic carbocycles. The Hall–Kier alpha value is -2.25. The molecule has 1 aliphatic heterocycles. The number of aryl methyl sites for hydroxylation is 1. The molecular weight excluding hydrogens is 462 g/mol. The van der Waals surface area contributed by atoms with E-state index in [1.54, 1.807) is 13.3 Å². The van der Waals surface area contributed by atoms with Crippen molar-refractivity contribution in [3.8, 4) is 5.75 Å². The first-order chi connectivity index (χ1) is 17.0. The third kappa shape index (κ3) is 6.50. The minimum Gasteiger partial charge on any atom is -0.497 e. The van der Waals surface area contributed by atoms with E-state index in [0.717, 1.165) is 74.8 Å². The Bertz CT molecular complexity index is 1090. The number of aliphatic hydroxyl groups is 2. The summed E-state index contributed by atoms with van der Waals surface area (Å²) in [7, 11) is 1.62. The van der Waals surface area contributed by atoms with E-state index in [4.69, 9.17) is 16.3 Å². The van der Waals surface area contributed by atoms with Gasteiger partial charge >= 0.3 is 0 Å². The first-order valence-electron chi connectivity index (χ1n) is 12.6. The number of hydrogen-bond donors (Lipinski definition) is 2. The van der Waals surface area contributed by atoms with Crippen molar-refractivity contribution in [2.24, 2.45) is 5.41 Å². The van der Waals surface area contributed by atoms with E-state index >= 15 is 0 Å². The quantitative estimate of drug-likeness (QED) is 0.354. The van der Waals surface area contributed by atoms with E-state index in [0.29, 0.717) is 22.8 Å². The van der Waals surface area contributed by atoms with Gasteiger partial charge < -0.3 is 19.8 Å². The number of nitrogens with zero attached hydrogens (tertiary/aromatic N) is 3. The van der Waals surface area contributed by atoms with Crippen LogP contribution < -0.4 is 4.74 Å². The van der Waals surface area contributed by atoms with Gasteiger partial charge in [-0.1, -0.05) is 17.7 Å². The fourth-order valence-corrected chi connectivity index (χ4v) is 5.42. The number of piperidine rings is 1. The molecule has 4 rings (SSSR count). The van der Waals surface area contributed by atoms with E-state index in [-0.39, 0.29) is 12.0 Å². The molecule has 3 heterocycles. The molecule has 0 bridgehead atoms. The number of likely N-dealkylation sites (tertiary alicyclic amines) is 1. The average molecular weight is 498 g/mol. The Morgan fingerprint density at radius 3 is 2.69 bits per heavy atom. The van der Waals surface area contributed by atoms with Gasteiger partial charge in [0.2, 0.25) is 0 Å². The van der Waals surface area contributed by atoms with Gasteiger partial charge in [0.1, 0.15) is 5.75 Å². The van der Waals surface area contributed by atoms with Crippen LogP contribution in [0.25, 0.3) is 10.9 Å². The number of hydrogen-bond acceptors (Lipinski definition) is 6. The first-order valence-corrected chi connectivity index (χ1v) is 12.9. The largest absolute Gasteiger partial charge is 0.497 e. The molecule has 1 atom stereocenters. The third-order valence-electron chi connectivity index (χ3n) is 7.49. The van der Waals surface area contributed by atoms with Crippen molar-refractivity contribution in [3.63, 3.8) is 0 Å². The number of aliphatic hydroxyl groups excluding tert-OH is 2. The fourth-order valence-electron chi connectivity index (χ4n) is 5.15. The van der Waals surface area contributed by atoms with Gasteiger partial charge in [0, 0.05) is 35.6 Å². The van der Waals surface area contributed by atoms with E-state index in [9.17, 15) is 10.2 Å². The summed E-state index contributed by atoms with van der Waals surface area (Å²) in [6.45, 7) is 3.19. The molecule has 0 amide bonds. The Balaban J connectivity index is 1.30. The van der Waals surface area contributed by atoms with Crippen LogP contribution in [-0.2, 0) is 6.42 Å². The van der Waals surface area contributed by atoms with Gasteiger partial charge in [-0.2, -0.15) is 0 Å². The van der Waals surface area contributed by atoms with Gasteiger partial charge in [-0.15, -0.1) is 0 Å². The summed E-state index contributed by atoms with van der Waals surface area (Å²) in [4.78, 5) is 11.3. The second kappa shape index (κ2) is 12.1. The van der Waals surface area contributed by atoms with Crippen molar-refractivity contribution in [2.45, 2.75) is 51.0 Å². The van der Waals surface area contributed by atoms with Crippen LogP contribution in [0.3, 0.4) is 0 Å². The summed E-state index contributed by atoms with van der Waals surface area (Å²) in [5, 5.41) is 22.7. The molecule has 1 aromatic carbocycles. The first kappa shape index (κ1) is 25.8. The van der Waals surface area contributed by atoms with Crippen molar-refractivity contribution in [1.29, 1.82) is 0 Å². The van der Waals surface area contributed by atoms with Crippen LogP contribution >= 0.6 is 11.6 Å². The van der Waals surface area contributed by atoms with Crippen molar-refractivity contribution >= 4 is 22.5 Å². The van der Waals surface area contributed by atoms with E-state index in [1.807, 2.05) is 36.5 Å². The number of unbranched alkanes of at least 4 members (excludes halogenated alkanes) is 1. The lowest BCUT2D eigenvalue weighted by Gasteiger charge is -2.41. The van der Waals surface area contributed by atoms with Crippen molar-refractivity contribution in [3.05, 3.63) is 65.1 Å². The third-order valence-corrected chi connectivity index (χ3v) is 7.79. The van der Waals surface area contributed by atoms with Gasteiger partial charge in [0.05, 0.1) is 23.8 Å². The number of halogens is 1. The molecule has 0 saturated carbocycles. The van der Waals surface area contributed by atoms with E-state index < -0.39 is 6.10 Å². The molecule has 6 nitrogen and oxygen atoms in total. The standard InChI is InChI=1S/C28H36ClN3O3/c1-35-22-8-9-25-23(18-22)27(24(29)19-31-25)26(34)10-11-28(20-33)12-16-32(17-13-28)15-5-3-7-21-6-2-4-14-30-21/h2,4,6,8-9,14,18-19,26,33-34H,3,5,7,10-13,15-17,20H2,1H3/t26-/m1/s1. The number of methoxy groups -OCH3 is 1.